The molecule has 0 aliphatic carbocycles. The summed E-state index contributed by atoms with van der Waals surface area (Å²) in [5.41, 5.74) is 1.57. The molecular weight excluding hydrogens is 216 g/mol. The van der Waals surface area contributed by atoms with Crippen LogP contribution >= 0.6 is 0 Å². The second kappa shape index (κ2) is 5.30. The van der Waals surface area contributed by atoms with E-state index >= 15 is 0 Å². The molecule has 0 saturated carbocycles. The summed E-state index contributed by atoms with van der Waals surface area (Å²) in [4.78, 5) is 22.5. The first-order chi connectivity index (χ1) is 8.25. The van der Waals surface area contributed by atoms with Gasteiger partial charge in [0.05, 0.1) is 6.54 Å². The number of hydrogen-bond donors (Lipinski definition) is 2. The standard InChI is InChI=1S/C13H14N2O2/c16-12-9-14-13(17)11(15-12)8-4-7-10-5-2-1-3-6-10/h1-3,5-6,8H,4,7,9H2,(H,14,17)(H,15,16)/b11-8+. The van der Waals surface area contributed by atoms with Crippen LogP contribution in [-0.2, 0) is 16.0 Å². The van der Waals surface area contributed by atoms with E-state index < -0.39 is 0 Å². The van der Waals surface area contributed by atoms with Crippen molar-refractivity contribution in [3.05, 3.63) is 47.7 Å². The van der Waals surface area contributed by atoms with E-state index in [1.165, 1.54) is 5.56 Å². The molecule has 2 rings (SSSR count). The lowest BCUT2D eigenvalue weighted by Crippen LogP contribution is -2.47. The van der Waals surface area contributed by atoms with Crippen LogP contribution in [-0.4, -0.2) is 18.4 Å². The number of benzene rings is 1. The number of amides is 2. The van der Waals surface area contributed by atoms with Crippen LogP contribution < -0.4 is 10.6 Å². The Balaban J connectivity index is 1.92. The van der Waals surface area contributed by atoms with E-state index in [1.807, 2.05) is 30.3 Å². The van der Waals surface area contributed by atoms with Gasteiger partial charge in [0.15, 0.2) is 0 Å². The van der Waals surface area contributed by atoms with Gasteiger partial charge in [0, 0.05) is 0 Å². The second-order valence-electron chi connectivity index (χ2n) is 3.87. The minimum atomic E-state index is -0.210. The molecule has 1 aromatic rings. The zero-order valence-corrected chi connectivity index (χ0v) is 9.40. The minimum Gasteiger partial charge on any atom is -0.342 e. The Morgan fingerprint density at radius 1 is 1.18 bits per heavy atom. The normalized spacial score (nSPS) is 17.8. The van der Waals surface area contributed by atoms with Crippen molar-refractivity contribution in [3.8, 4) is 0 Å². The fourth-order valence-electron chi connectivity index (χ4n) is 1.68. The Labute approximate surface area is 99.7 Å². The zero-order chi connectivity index (χ0) is 12.1. The van der Waals surface area contributed by atoms with E-state index in [9.17, 15) is 9.59 Å². The molecule has 1 aliphatic heterocycles. The molecule has 2 N–H and O–H groups in total. The average molecular weight is 230 g/mol. The first kappa shape index (κ1) is 11.4. The number of rotatable bonds is 3. The number of carbonyl (C=O) groups excluding carboxylic acids is 2. The van der Waals surface area contributed by atoms with Gasteiger partial charge in [-0.05, 0) is 18.4 Å². The number of carbonyl (C=O) groups is 2. The average Bonchev–Trinajstić information content (AvgIpc) is 2.35. The van der Waals surface area contributed by atoms with Crippen LogP contribution in [0.15, 0.2) is 42.1 Å². The van der Waals surface area contributed by atoms with Gasteiger partial charge >= 0.3 is 0 Å². The van der Waals surface area contributed by atoms with Crippen LogP contribution in [0.25, 0.3) is 0 Å². The number of hydrogen-bond acceptors (Lipinski definition) is 2. The molecule has 1 fully saturated rings. The molecule has 1 aliphatic rings. The van der Waals surface area contributed by atoms with Gasteiger partial charge < -0.3 is 10.6 Å². The van der Waals surface area contributed by atoms with Crippen LogP contribution in [0.3, 0.4) is 0 Å². The molecule has 0 bridgehead atoms. The number of allylic oxidation sites excluding steroid dienone is 1. The van der Waals surface area contributed by atoms with Crippen molar-refractivity contribution >= 4 is 11.8 Å². The van der Waals surface area contributed by atoms with E-state index in [1.54, 1.807) is 6.08 Å². The first-order valence-electron chi connectivity index (χ1n) is 5.58. The summed E-state index contributed by atoms with van der Waals surface area (Å²) in [7, 11) is 0. The smallest absolute Gasteiger partial charge is 0.267 e. The van der Waals surface area contributed by atoms with Gasteiger partial charge in [0.1, 0.15) is 5.70 Å². The molecule has 17 heavy (non-hydrogen) atoms. The Hall–Kier alpha value is -2.10. The predicted molar refractivity (Wildman–Crippen MR) is 64.0 cm³/mol. The molecule has 4 nitrogen and oxygen atoms in total. The molecule has 0 spiro atoms. The summed E-state index contributed by atoms with van der Waals surface area (Å²) in [5, 5.41) is 5.07. The van der Waals surface area contributed by atoms with Crippen molar-refractivity contribution in [2.45, 2.75) is 12.8 Å². The van der Waals surface area contributed by atoms with E-state index in [0.717, 1.165) is 12.8 Å². The number of piperazine rings is 1. The summed E-state index contributed by atoms with van der Waals surface area (Å²) >= 11 is 0. The Morgan fingerprint density at radius 3 is 2.71 bits per heavy atom. The van der Waals surface area contributed by atoms with Gasteiger partial charge in [-0.25, -0.2) is 0 Å². The van der Waals surface area contributed by atoms with Crippen LogP contribution in [0.1, 0.15) is 12.0 Å². The first-order valence-corrected chi connectivity index (χ1v) is 5.58. The number of aryl methyl sites for hydroxylation is 1. The molecule has 0 aromatic heterocycles. The number of nitrogens with one attached hydrogen (secondary N) is 2. The van der Waals surface area contributed by atoms with Crippen LogP contribution in [0.5, 0.6) is 0 Å². The fraction of sp³-hybridized carbons (Fsp3) is 0.231. The van der Waals surface area contributed by atoms with Gasteiger partial charge in [0.2, 0.25) is 5.91 Å². The van der Waals surface area contributed by atoms with Crippen molar-refractivity contribution in [2.75, 3.05) is 6.54 Å². The summed E-state index contributed by atoms with van der Waals surface area (Å²) in [5.74, 6) is -0.381. The van der Waals surface area contributed by atoms with Gasteiger partial charge in [0.25, 0.3) is 5.91 Å². The van der Waals surface area contributed by atoms with E-state index in [4.69, 9.17) is 0 Å². The van der Waals surface area contributed by atoms with Crippen LogP contribution in [0.2, 0.25) is 0 Å². The highest BCUT2D eigenvalue weighted by Crippen LogP contribution is 2.05. The quantitative estimate of drug-likeness (QED) is 0.753. The molecule has 0 atom stereocenters. The van der Waals surface area contributed by atoms with Crippen molar-refractivity contribution in [2.24, 2.45) is 0 Å². The largest absolute Gasteiger partial charge is 0.342 e. The summed E-state index contributed by atoms with van der Waals surface area (Å²) in [6, 6.07) is 10.0. The van der Waals surface area contributed by atoms with Crippen molar-refractivity contribution in [1.29, 1.82) is 0 Å². The topological polar surface area (TPSA) is 58.2 Å². The molecule has 1 heterocycles. The Bertz CT molecular complexity index is 452. The summed E-state index contributed by atoms with van der Waals surface area (Å²) < 4.78 is 0. The van der Waals surface area contributed by atoms with Gasteiger partial charge in [-0.2, -0.15) is 0 Å². The van der Waals surface area contributed by atoms with E-state index in [-0.39, 0.29) is 18.4 Å². The maximum atomic E-state index is 11.4. The predicted octanol–water partition coefficient (Wildman–Crippen LogP) is 0.749. The molecule has 2 amide bonds. The molecule has 88 valence electrons. The third-order valence-electron chi connectivity index (χ3n) is 2.55. The Kier molecular flexibility index (Phi) is 3.55. The molecule has 1 aromatic carbocycles. The van der Waals surface area contributed by atoms with Crippen molar-refractivity contribution < 1.29 is 9.59 Å². The van der Waals surface area contributed by atoms with Crippen molar-refractivity contribution in [1.82, 2.24) is 10.6 Å². The molecule has 1 saturated heterocycles. The highest BCUT2D eigenvalue weighted by molar-refractivity contribution is 6.02. The summed E-state index contributed by atoms with van der Waals surface area (Å²) in [6.45, 7) is 0.0643. The SMILES string of the molecule is O=C1CNC(=O)/C(=C\CCc2ccccc2)N1. The third kappa shape index (κ3) is 3.17. The monoisotopic (exact) mass is 230 g/mol. The molecule has 0 radical (unpaired) electrons. The highest BCUT2D eigenvalue weighted by Gasteiger charge is 2.18. The Morgan fingerprint density at radius 2 is 1.94 bits per heavy atom. The van der Waals surface area contributed by atoms with Gasteiger partial charge in [-0.3, -0.25) is 9.59 Å². The fourth-order valence-corrected chi connectivity index (χ4v) is 1.68. The highest BCUT2D eigenvalue weighted by atomic mass is 16.2. The van der Waals surface area contributed by atoms with Crippen LogP contribution in [0.4, 0.5) is 0 Å². The maximum absolute atomic E-state index is 11.4. The summed E-state index contributed by atoms with van der Waals surface area (Å²) in [6.07, 6.45) is 3.35. The second-order valence-corrected chi connectivity index (χ2v) is 3.87. The van der Waals surface area contributed by atoms with E-state index in [2.05, 4.69) is 10.6 Å². The maximum Gasteiger partial charge on any atom is 0.267 e. The van der Waals surface area contributed by atoms with Gasteiger partial charge in [-0.15, -0.1) is 0 Å². The molecule has 0 unspecified atom stereocenters. The van der Waals surface area contributed by atoms with E-state index in [0.29, 0.717) is 5.70 Å². The lowest BCUT2D eigenvalue weighted by molar-refractivity contribution is -0.127. The van der Waals surface area contributed by atoms with Crippen LogP contribution in [0, 0.1) is 0 Å². The third-order valence-corrected chi connectivity index (χ3v) is 2.55. The molecular formula is C13H14N2O2. The minimum absolute atomic E-state index is 0.0643. The van der Waals surface area contributed by atoms with Gasteiger partial charge in [-0.1, -0.05) is 36.4 Å². The lowest BCUT2D eigenvalue weighted by Gasteiger charge is -2.15. The molecule has 4 heteroatoms. The lowest BCUT2D eigenvalue weighted by atomic mass is 10.1. The zero-order valence-electron chi connectivity index (χ0n) is 9.40. The van der Waals surface area contributed by atoms with Crippen molar-refractivity contribution in [3.63, 3.8) is 0 Å².